The highest BCUT2D eigenvalue weighted by Gasteiger charge is 2.15. The first-order chi connectivity index (χ1) is 8.84. The molecule has 0 saturated carbocycles. The molecule has 1 aromatic rings. The molecule has 0 bridgehead atoms. The number of rotatable bonds is 7. The van der Waals surface area contributed by atoms with Crippen molar-refractivity contribution in [3.05, 3.63) is 24.2 Å². The van der Waals surface area contributed by atoms with E-state index in [-0.39, 0.29) is 12.0 Å². The summed E-state index contributed by atoms with van der Waals surface area (Å²) in [5, 5.41) is 6.05. The van der Waals surface area contributed by atoms with Crippen LogP contribution in [0.1, 0.15) is 25.0 Å². The second-order valence-electron chi connectivity index (χ2n) is 4.45. The van der Waals surface area contributed by atoms with Crippen LogP contribution in [0.2, 0.25) is 0 Å². The van der Waals surface area contributed by atoms with Crippen molar-refractivity contribution in [3.63, 3.8) is 0 Å². The standard InChI is InChI=1S/C13H20N2O3/c16-13(15-10-12-4-2-8-18-12)5-6-14-9-11-3-1-7-17-11/h1,3,7,12,14H,2,4-6,8-10H2,(H,15,16). The van der Waals surface area contributed by atoms with Crippen LogP contribution < -0.4 is 10.6 Å². The molecule has 1 saturated heterocycles. The van der Waals surface area contributed by atoms with Gasteiger partial charge in [0, 0.05) is 26.1 Å². The molecule has 18 heavy (non-hydrogen) atoms. The summed E-state index contributed by atoms with van der Waals surface area (Å²) in [5.41, 5.74) is 0. The molecule has 2 heterocycles. The normalized spacial score (nSPS) is 19.0. The minimum absolute atomic E-state index is 0.0671. The van der Waals surface area contributed by atoms with Crippen LogP contribution in [-0.2, 0) is 16.1 Å². The van der Waals surface area contributed by atoms with Crippen molar-refractivity contribution in [2.45, 2.75) is 31.9 Å². The first-order valence-corrected chi connectivity index (χ1v) is 6.46. The van der Waals surface area contributed by atoms with Crippen LogP contribution in [0.5, 0.6) is 0 Å². The van der Waals surface area contributed by atoms with Gasteiger partial charge in [0.25, 0.3) is 0 Å². The van der Waals surface area contributed by atoms with Crippen LogP contribution in [0.15, 0.2) is 22.8 Å². The SMILES string of the molecule is O=C(CCNCc1ccco1)NCC1CCCO1. The summed E-state index contributed by atoms with van der Waals surface area (Å²) < 4.78 is 10.6. The fourth-order valence-electron chi connectivity index (χ4n) is 1.95. The lowest BCUT2D eigenvalue weighted by atomic mass is 10.2. The lowest BCUT2D eigenvalue weighted by Gasteiger charge is -2.10. The van der Waals surface area contributed by atoms with Gasteiger partial charge in [0.2, 0.25) is 5.91 Å². The van der Waals surface area contributed by atoms with Crippen molar-refractivity contribution in [2.75, 3.05) is 19.7 Å². The highest BCUT2D eigenvalue weighted by Crippen LogP contribution is 2.10. The summed E-state index contributed by atoms with van der Waals surface area (Å²) in [6, 6.07) is 3.76. The van der Waals surface area contributed by atoms with Crippen molar-refractivity contribution in [1.29, 1.82) is 0 Å². The van der Waals surface area contributed by atoms with E-state index in [1.54, 1.807) is 6.26 Å². The Bertz CT molecular complexity index is 345. The molecule has 2 N–H and O–H groups in total. The van der Waals surface area contributed by atoms with Gasteiger partial charge in [-0.3, -0.25) is 4.79 Å². The van der Waals surface area contributed by atoms with Crippen LogP contribution in [0.4, 0.5) is 0 Å². The van der Waals surface area contributed by atoms with Crippen LogP contribution in [0.3, 0.4) is 0 Å². The second kappa shape index (κ2) is 7.18. The van der Waals surface area contributed by atoms with Gasteiger partial charge >= 0.3 is 0 Å². The average Bonchev–Trinajstić information content (AvgIpc) is 3.04. The van der Waals surface area contributed by atoms with Gasteiger partial charge in [0.05, 0.1) is 18.9 Å². The Kier molecular flexibility index (Phi) is 5.23. The highest BCUT2D eigenvalue weighted by atomic mass is 16.5. The monoisotopic (exact) mass is 252 g/mol. The van der Waals surface area contributed by atoms with Crippen molar-refractivity contribution in [2.24, 2.45) is 0 Å². The molecule has 1 aliphatic rings. The van der Waals surface area contributed by atoms with E-state index in [2.05, 4.69) is 10.6 Å². The maximum atomic E-state index is 11.5. The Hall–Kier alpha value is -1.33. The average molecular weight is 252 g/mol. The summed E-state index contributed by atoms with van der Waals surface area (Å²) >= 11 is 0. The number of furan rings is 1. The lowest BCUT2D eigenvalue weighted by molar-refractivity contribution is -0.121. The molecule has 1 aliphatic heterocycles. The third kappa shape index (κ3) is 4.50. The van der Waals surface area contributed by atoms with E-state index < -0.39 is 0 Å². The zero-order valence-electron chi connectivity index (χ0n) is 10.5. The predicted octanol–water partition coefficient (Wildman–Crippen LogP) is 1.05. The van der Waals surface area contributed by atoms with Crippen LogP contribution in [0, 0.1) is 0 Å². The number of carbonyl (C=O) groups excluding carboxylic acids is 1. The van der Waals surface area contributed by atoms with Crippen LogP contribution in [-0.4, -0.2) is 31.7 Å². The Morgan fingerprint density at radius 1 is 1.50 bits per heavy atom. The first kappa shape index (κ1) is 13.1. The summed E-state index contributed by atoms with van der Waals surface area (Å²) in [4.78, 5) is 11.5. The zero-order valence-corrected chi connectivity index (χ0v) is 10.5. The number of hydrogen-bond acceptors (Lipinski definition) is 4. The van der Waals surface area contributed by atoms with Gasteiger partial charge in [-0.25, -0.2) is 0 Å². The van der Waals surface area contributed by atoms with Crippen molar-refractivity contribution in [3.8, 4) is 0 Å². The lowest BCUT2D eigenvalue weighted by Crippen LogP contribution is -2.33. The molecule has 1 amide bonds. The van der Waals surface area contributed by atoms with Crippen molar-refractivity contribution < 1.29 is 13.9 Å². The summed E-state index contributed by atoms with van der Waals surface area (Å²) in [6.07, 6.45) is 4.49. The molecule has 5 nitrogen and oxygen atoms in total. The molecule has 1 unspecified atom stereocenters. The largest absolute Gasteiger partial charge is 0.468 e. The van der Waals surface area contributed by atoms with E-state index in [0.717, 1.165) is 25.2 Å². The predicted molar refractivity (Wildman–Crippen MR) is 67.0 cm³/mol. The van der Waals surface area contributed by atoms with E-state index in [9.17, 15) is 4.79 Å². The molecule has 0 aromatic carbocycles. The first-order valence-electron chi connectivity index (χ1n) is 6.46. The molecule has 1 fully saturated rings. The van der Waals surface area contributed by atoms with Crippen LogP contribution in [0.25, 0.3) is 0 Å². The minimum Gasteiger partial charge on any atom is -0.468 e. The summed E-state index contributed by atoms with van der Waals surface area (Å²) in [5.74, 6) is 0.951. The number of carbonyl (C=O) groups is 1. The fraction of sp³-hybridized carbons (Fsp3) is 0.615. The molecule has 0 radical (unpaired) electrons. The summed E-state index contributed by atoms with van der Waals surface area (Å²) in [7, 11) is 0. The molecule has 1 atom stereocenters. The van der Waals surface area contributed by atoms with Gasteiger partial charge < -0.3 is 19.8 Å². The molecule has 1 aromatic heterocycles. The van der Waals surface area contributed by atoms with Crippen LogP contribution >= 0.6 is 0 Å². The number of amides is 1. The second-order valence-corrected chi connectivity index (χ2v) is 4.45. The third-order valence-electron chi connectivity index (χ3n) is 2.96. The van der Waals surface area contributed by atoms with Gasteiger partial charge in [0.15, 0.2) is 0 Å². The third-order valence-corrected chi connectivity index (χ3v) is 2.96. The fourth-order valence-corrected chi connectivity index (χ4v) is 1.95. The Balaban J connectivity index is 1.49. The minimum atomic E-state index is 0.0671. The van der Waals surface area contributed by atoms with E-state index >= 15 is 0 Å². The van der Waals surface area contributed by atoms with E-state index in [1.807, 2.05) is 12.1 Å². The van der Waals surface area contributed by atoms with Gasteiger partial charge in [-0.05, 0) is 25.0 Å². The van der Waals surface area contributed by atoms with Gasteiger partial charge in [0.1, 0.15) is 5.76 Å². The van der Waals surface area contributed by atoms with E-state index in [4.69, 9.17) is 9.15 Å². The topological polar surface area (TPSA) is 63.5 Å². The van der Waals surface area contributed by atoms with Gasteiger partial charge in [-0.15, -0.1) is 0 Å². The molecule has 0 spiro atoms. The van der Waals surface area contributed by atoms with Gasteiger partial charge in [-0.1, -0.05) is 0 Å². The molecular formula is C13H20N2O3. The van der Waals surface area contributed by atoms with E-state index in [0.29, 0.717) is 26.1 Å². The number of hydrogen-bond donors (Lipinski definition) is 2. The Morgan fingerprint density at radius 3 is 3.17 bits per heavy atom. The van der Waals surface area contributed by atoms with Gasteiger partial charge in [-0.2, -0.15) is 0 Å². The number of nitrogens with one attached hydrogen (secondary N) is 2. The molecule has 2 rings (SSSR count). The molecular weight excluding hydrogens is 232 g/mol. The highest BCUT2D eigenvalue weighted by molar-refractivity contribution is 5.76. The summed E-state index contributed by atoms with van der Waals surface area (Å²) in [6.45, 7) is 2.77. The molecule has 100 valence electrons. The molecule has 5 heteroatoms. The Labute approximate surface area is 107 Å². The maximum Gasteiger partial charge on any atom is 0.221 e. The zero-order chi connectivity index (χ0) is 12.6. The Morgan fingerprint density at radius 2 is 2.44 bits per heavy atom. The van der Waals surface area contributed by atoms with Crippen molar-refractivity contribution in [1.82, 2.24) is 10.6 Å². The van der Waals surface area contributed by atoms with Crippen molar-refractivity contribution >= 4 is 5.91 Å². The van der Waals surface area contributed by atoms with E-state index in [1.165, 1.54) is 0 Å². The maximum absolute atomic E-state index is 11.5. The number of ether oxygens (including phenoxy) is 1. The smallest absolute Gasteiger partial charge is 0.221 e. The molecule has 0 aliphatic carbocycles. The quantitative estimate of drug-likeness (QED) is 0.712.